The van der Waals surface area contributed by atoms with Crippen molar-refractivity contribution in [3.63, 3.8) is 0 Å². The molecule has 5 atom stereocenters. The average Bonchev–Trinajstić information content (AvgIpc) is 3.07. The number of hydrogen-bond acceptors (Lipinski definition) is 7. The minimum absolute atomic E-state index is 0.0861. The molecule has 3 aliphatic rings. The maximum atomic E-state index is 12.6. The molecule has 3 saturated heterocycles. The molecule has 0 saturated carbocycles. The molecule has 0 spiro atoms. The van der Waals surface area contributed by atoms with E-state index in [-0.39, 0.29) is 11.0 Å². The molecule has 132 valence electrons. The second kappa shape index (κ2) is 5.48. The third kappa shape index (κ3) is 2.77. The summed E-state index contributed by atoms with van der Waals surface area (Å²) in [6.45, 7) is 5.78. The van der Waals surface area contributed by atoms with Crippen LogP contribution in [0.15, 0.2) is 29.2 Å². The standard InChI is InChI=1S/C16H20O7S/c1-9-4-6-10(7-5-9)24(17,18)23-14-13-12(21-16(2,3)22-13)11-8-19-15(14)20-11/h4-7,11-15H,8H2,1-3H3/t11?,12?,13-,14-,15?/m0/s1. The number of rotatable bonds is 3. The lowest BCUT2D eigenvalue weighted by atomic mass is 10.0. The molecule has 2 bridgehead atoms. The molecule has 4 rings (SSSR count). The Morgan fingerprint density at radius 1 is 1.12 bits per heavy atom. The largest absolute Gasteiger partial charge is 0.347 e. The maximum absolute atomic E-state index is 12.6. The van der Waals surface area contributed by atoms with Crippen molar-refractivity contribution in [1.29, 1.82) is 0 Å². The van der Waals surface area contributed by atoms with Gasteiger partial charge in [0.15, 0.2) is 18.2 Å². The highest BCUT2D eigenvalue weighted by molar-refractivity contribution is 7.86. The van der Waals surface area contributed by atoms with Crippen LogP contribution in [-0.2, 0) is 33.2 Å². The first kappa shape index (κ1) is 16.4. The molecular formula is C16H20O7S. The van der Waals surface area contributed by atoms with Gasteiger partial charge in [-0.1, -0.05) is 17.7 Å². The van der Waals surface area contributed by atoms with Crippen molar-refractivity contribution < 1.29 is 31.5 Å². The van der Waals surface area contributed by atoms with E-state index in [0.29, 0.717) is 6.61 Å². The summed E-state index contributed by atoms with van der Waals surface area (Å²) in [7, 11) is -3.97. The average molecular weight is 356 g/mol. The van der Waals surface area contributed by atoms with Crippen molar-refractivity contribution in [2.24, 2.45) is 0 Å². The van der Waals surface area contributed by atoms with E-state index in [1.807, 2.05) is 6.92 Å². The maximum Gasteiger partial charge on any atom is 0.297 e. The Balaban J connectivity index is 1.62. The highest BCUT2D eigenvalue weighted by Gasteiger charge is 2.60. The molecular weight excluding hydrogens is 336 g/mol. The van der Waals surface area contributed by atoms with Crippen LogP contribution in [0.4, 0.5) is 0 Å². The Bertz CT molecular complexity index is 727. The van der Waals surface area contributed by atoms with E-state index >= 15 is 0 Å². The topological polar surface area (TPSA) is 80.3 Å². The minimum Gasteiger partial charge on any atom is -0.347 e. The molecule has 7 nitrogen and oxygen atoms in total. The van der Waals surface area contributed by atoms with Crippen molar-refractivity contribution in [3.05, 3.63) is 29.8 Å². The highest BCUT2D eigenvalue weighted by Crippen LogP contribution is 2.42. The van der Waals surface area contributed by atoms with Crippen molar-refractivity contribution in [2.45, 2.75) is 62.2 Å². The molecule has 3 unspecified atom stereocenters. The van der Waals surface area contributed by atoms with Crippen LogP contribution in [0.3, 0.4) is 0 Å². The summed E-state index contributed by atoms with van der Waals surface area (Å²) in [6.07, 6.45) is -2.96. The van der Waals surface area contributed by atoms with E-state index < -0.39 is 40.5 Å². The van der Waals surface area contributed by atoms with E-state index in [4.69, 9.17) is 23.1 Å². The fourth-order valence-corrected chi connectivity index (χ4v) is 4.38. The summed E-state index contributed by atoms with van der Waals surface area (Å²) in [4.78, 5) is 0.0861. The van der Waals surface area contributed by atoms with Crippen LogP contribution in [0.5, 0.6) is 0 Å². The zero-order valence-corrected chi connectivity index (χ0v) is 14.5. The molecule has 0 N–H and O–H groups in total. The van der Waals surface area contributed by atoms with Gasteiger partial charge in [0.25, 0.3) is 10.1 Å². The minimum atomic E-state index is -3.97. The van der Waals surface area contributed by atoms with Gasteiger partial charge in [-0.05, 0) is 32.9 Å². The Labute approximate surface area is 140 Å². The SMILES string of the molecule is Cc1ccc(S(=O)(=O)O[C@@H]2C3OCC(O3)C3OC(C)(C)O[C@@H]32)cc1. The van der Waals surface area contributed by atoms with Gasteiger partial charge >= 0.3 is 0 Å². The summed E-state index contributed by atoms with van der Waals surface area (Å²) in [5, 5.41) is 0. The molecule has 1 aromatic carbocycles. The number of hydrogen-bond donors (Lipinski definition) is 0. The van der Waals surface area contributed by atoms with Crippen molar-refractivity contribution in [3.8, 4) is 0 Å². The molecule has 0 aliphatic carbocycles. The Morgan fingerprint density at radius 2 is 1.79 bits per heavy atom. The van der Waals surface area contributed by atoms with Crippen LogP contribution >= 0.6 is 0 Å². The zero-order valence-electron chi connectivity index (χ0n) is 13.7. The molecule has 24 heavy (non-hydrogen) atoms. The molecule has 0 radical (unpaired) electrons. The van der Waals surface area contributed by atoms with Gasteiger partial charge in [0.2, 0.25) is 0 Å². The summed E-state index contributed by atoms with van der Waals surface area (Å²) >= 11 is 0. The molecule has 3 heterocycles. The first-order valence-corrected chi connectivity index (χ1v) is 9.29. The summed E-state index contributed by atoms with van der Waals surface area (Å²) in [5.74, 6) is -0.821. The lowest BCUT2D eigenvalue weighted by Crippen LogP contribution is -2.53. The number of fused-ring (bicyclic) bond motifs is 4. The molecule has 8 heteroatoms. The van der Waals surface area contributed by atoms with Gasteiger partial charge in [-0.2, -0.15) is 8.42 Å². The van der Waals surface area contributed by atoms with Crippen LogP contribution in [0.1, 0.15) is 19.4 Å². The fraction of sp³-hybridized carbons (Fsp3) is 0.625. The van der Waals surface area contributed by atoms with Crippen LogP contribution in [0.25, 0.3) is 0 Å². The van der Waals surface area contributed by atoms with Gasteiger partial charge in [-0.3, -0.25) is 4.18 Å². The molecule has 3 fully saturated rings. The molecule has 0 aromatic heterocycles. The van der Waals surface area contributed by atoms with Gasteiger partial charge < -0.3 is 18.9 Å². The number of aryl methyl sites for hydroxylation is 1. The lowest BCUT2D eigenvalue weighted by molar-refractivity contribution is -0.194. The molecule has 1 aromatic rings. The lowest BCUT2D eigenvalue weighted by Gasteiger charge is -2.34. The molecule has 3 aliphatic heterocycles. The number of ether oxygens (including phenoxy) is 4. The first-order chi connectivity index (χ1) is 11.3. The quantitative estimate of drug-likeness (QED) is 0.756. The summed E-state index contributed by atoms with van der Waals surface area (Å²) in [6, 6.07) is 6.47. The van der Waals surface area contributed by atoms with E-state index in [2.05, 4.69) is 0 Å². The van der Waals surface area contributed by atoms with Gasteiger partial charge in [-0.15, -0.1) is 0 Å². The number of benzene rings is 1. The van der Waals surface area contributed by atoms with Gasteiger partial charge in [0, 0.05) is 0 Å². The van der Waals surface area contributed by atoms with E-state index in [1.54, 1.807) is 26.0 Å². The van der Waals surface area contributed by atoms with E-state index in [1.165, 1.54) is 12.1 Å². The predicted octanol–water partition coefficient (Wildman–Crippen LogP) is 1.34. The van der Waals surface area contributed by atoms with Crippen molar-refractivity contribution >= 4 is 10.1 Å². The van der Waals surface area contributed by atoms with Gasteiger partial charge in [0.1, 0.15) is 18.3 Å². The van der Waals surface area contributed by atoms with Crippen molar-refractivity contribution in [2.75, 3.05) is 6.61 Å². The second-order valence-electron chi connectivity index (χ2n) is 6.77. The van der Waals surface area contributed by atoms with Crippen molar-refractivity contribution in [1.82, 2.24) is 0 Å². The van der Waals surface area contributed by atoms with Crippen LogP contribution in [0, 0.1) is 6.92 Å². The van der Waals surface area contributed by atoms with Crippen LogP contribution in [0.2, 0.25) is 0 Å². The highest BCUT2D eigenvalue weighted by atomic mass is 32.2. The first-order valence-electron chi connectivity index (χ1n) is 7.88. The van der Waals surface area contributed by atoms with E-state index in [9.17, 15) is 8.42 Å². The third-order valence-corrected chi connectivity index (χ3v) is 5.73. The fourth-order valence-electron chi connectivity index (χ4n) is 3.31. The zero-order chi connectivity index (χ0) is 17.1. The smallest absolute Gasteiger partial charge is 0.297 e. The second-order valence-corrected chi connectivity index (χ2v) is 8.34. The van der Waals surface area contributed by atoms with E-state index in [0.717, 1.165) is 5.56 Å². The van der Waals surface area contributed by atoms with Gasteiger partial charge in [-0.25, -0.2) is 0 Å². The van der Waals surface area contributed by atoms with Crippen LogP contribution < -0.4 is 0 Å². The third-order valence-electron chi connectivity index (χ3n) is 4.40. The monoisotopic (exact) mass is 356 g/mol. The normalized spacial score (nSPS) is 37.4. The Kier molecular flexibility index (Phi) is 3.76. The molecule has 0 amide bonds. The predicted molar refractivity (Wildman–Crippen MR) is 81.7 cm³/mol. The Hall–Kier alpha value is -1.03. The summed E-state index contributed by atoms with van der Waals surface area (Å²) in [5.41, 5.74) is 0.964. The Morgan fingerprint density at radius 3 is 2.50 bits per heavy atom. The van der Waals surface area contributed by atoms with Gasteiger partial charge in [0.05, 0.1) is 11.5 Å². The van der Waals surface area contributed by atoms with Crippen LogP contribution in [-0.4, -0.2) is 51.5 Å². The summed E-state index contributed by atoms with van der Waals surface area (Å²) < 4.78 is 53.6.